The van der Waals surface area contributed by atoms with Crippen molar-refractivity contribution in [3.05, 3.63) is 34.7 Å². The van der Waals surface area contributed by atoms with Gasteiger partial charge in [-0.25, -0.2) is 4.98 Å². The second-order valence-corrected chi connectivity index (χ2v) is 9.94. The fraction of sp³-hybridized carbons (Fsp3) is 0.545. The first-order valence-electron chi connectivity index (χ1n) is 10.1. The lowest BCUT2D eigenvalue weighted by molar-refractivity contribution is -0.136. The van der Waals surface area contributed by atoms with Crippen molar-refractivity contribution in [1.29, 1.82) is 0 Å². The number of aromatic nitrogens is 2. The van der Waals surface area contributed by atoms with Gasteiger partial charge in [-0.05, 0) is 37.0 Å². The van der Waals surface area contributed by atoms with Gasteiger partial charge in [0.25, 0.3) is 0 Å². The van der Waals surface area contributed by atoms with Crippen molar-refractivity contribution in [3.8, 4) is 10.4 Å². The zero-order chi connectivity index (χ0) is 21.3. The lowest BCUT2D eigenvalue weighted by Crippen LogP contribution is -2.44. The van der Waals surface area contributed by atoms with Crippen LogP contribution in [0.4, 0.5) is 0 Å². The number of nitrogens with two attached hydrogens (primary N) is 1. The number of carbonyl (C=O) groups is 2. The molecule has 0 radical (unpaired) electrons. The molecular weight excluding hydrogens is 384 g/mol. The molecule has 0 saturated carbocycles. The van der Waals surface area contributed by atoms with Crippen LogP contribution in [0.2, 0.25) is 0 Å². The second kappa shape index (κ2) is 8.22. The number of likely N-dealkylation sites (tertiary alicyclic amines) is 1. The minimum absolute atomic E-state index is 0.0389. The molecule has 2 amide bonds. The van der Waals surface area contributed by atoms with Gasteiger partial charge in [0.05, 0.1) is 17.0 Å². The molecule has 156 valence electrons. The third-order valence-electron chi connectivity index (χ3n) is 5.55. The van der Waals surface area contributed by atoms with E-state index in [4.69, 9.17) is 5.73 Å². The number of rotatable bonds is 5. The van der Waals surface area contributed by atoms with Crippen LogP contribution in [-0.4, -0.2) is 39.3 Å². The highest BCUT2D eigenvalue weighted by molar-refractivity contribution is 7.15. The number of thiazole rings is 1. The van der Waals surface area contributed by atoms with Crippen molar-refractivity contribution in [2.75, 3.05) is 6.54 Å². The highest BCUT2D eigenvalue weighted by atomic mass is 32.1. The monoisotopic (exact) mass is 414 g/mol. The molecule has 3 rings (SSSR count). The van der Waals surface area contributed by atoms with Gasteiger partial charge >= 0.3 is 0 Å². The first-order chi connectivity index (χ1) is 13.6. The van der Waals surface area contributed by atoms with E-state index >= 15 is 0 Å². The van der Waals surface area contributed by atoms with Crippen LogP contribution in [-0.2, 0) is 21.4 Å². The van der Waals surface area contributed by atoms with Crippen molar-refractivity contribution in [2.45, 2.75) is 65.3 Å². The first-order valence-corrected chi connectivity index (χ1v) is 10.9. The molecule has 0 unspecified atom stereocenters. The highest BCUT2D eigenvalue weighted by Gasteiger charge is 2.37. The number of aryl methyl sites for hydroxylation is 1. The number of pyridine rings is 1. The van der Waals surface area contributed by atoms with Crippen LogP contribution in [0.3, 0.4) is 0 Å². The Labute approximate surface area is 176 Å². The molecule has 1 saturated heterocycles. The maximum absolute atomic E-state index is 12.9. The fourth-order valence-corrected chi connectivity index (χ4v) is 4.82. The molecule has 0 aromatic carbocycles. The number of amides is 2. The third kappa shape index (κ3) is 4.66. The molecule has 2 atom stereocenters. The molecule has 1 fully saturated rings. The normalized spacial score (nSPS) is 19.6. The van der Waals surface area contributed by atoms with Gasteiger partial charge in [-0.15, -0.1) is 11.3 Å². The average Bonchev–Trinajstić information content (AvgIpc) is 3.25. The summed E-state index contributed by atoms with van der Waals surface area (Å²) in [5, 5.41) is 0.764. The van der Waals surface area contributed by atoms with E-state index in [0.29, 0.717) is 18.9 Å². The summed E-state index contributed by atoms with van der Waals surface area (Å²) in [5.74, 6) is -0.162. The van der Waals surface area contributed by atoms with Gasteiger partial charge < -0.3 is 10.6 Å². The van der Waals surface area contributed by atoms with Crippen molar-refractivity contribution in [3.63, 3.8) is 0 Å². The molecule has 29 heavy (non-hydrogen) atoms. The van der Waals surface area contributed by atoms with Crippen molar-refractivity contribution in [1.82, 2.24) is 14.9 Å². The predicted octanol–water partition coefficient (Wildman–Crippen LogP) is 3.47. The maximum Gasteiger partial charge on any atom is 0.240 e. The van der Waals surface area contributed by atoms with Crippen LogP contribution in [0.15, 0.2) is 18.3 Å². The zero-order valence-electron chi connectivity index (χ0n) is 17.9. The number of carbonyl (C=O) groups excluding carboxylic acids is 2. The van der Waals surface area contributed by atoms with Gasteiger partial charge in [-0.1, -0.05) is 34.1 Å². The SMILES string of the molecule is CC[C@@H]1C[C@@H](C(N)=O)N(C(=O)Cc2nc(C)c(-c3ccnc(C(C)(C)C)c3)s2)C1. The largest absolute Gasteiger partial charge is 0.368 e. The van der Waals surface area contributed by atoms with Crippen molar-refractivity contribution >= 4 is 23.2 Å². The van der Waals surface area contributed by atoms with E-state index in [1.54, 1.807) is 4.90 Å². The Morgan fingerprint density at radius 1 is 1.34 bits per heavy atom. The Bertz CT molecular complexity index is 916. The van der Waals surface area contributed by atoms with E-state index in [2.05, 4.69) is 43.7 Å². The highest BCUT2D eigenvalue weighted by Crippen LogP contribution is 2.33. The summed E-state index contributed by atoms with van der Waals surface area (Å²) in [6, 6.07) is 3.58. The summed E-state index contributed by atoms with van der Waals surface area (Å²) in [5.41, 5.74) is 8.50. The molecule has 2 N–H and O–H groups in total. The average molecular weight is 415 g/mol. The van der Waals surface area contributed by atoms with Crippen molar-refractivity contribution < 1.29 is 9.59 Å². The van der Waals surface area contributed by atoms with Gasteiger partial charge in [0.1, 0.15) is 11.0 Å². The Kier molecular flexibility index (Phi) is 6.08. The predicted molar refractivity (Wildman–Crippen MR) is 116 cm³/mol. The minimum atomic E-state index is -0.498. The smallest absolute Gasteiger partial charge is 0.240 e. The van der Waals surface area contributed by atoms with E-state index in [-0.39, 0.29) is 17.7 Å². The van der Waals surface area contributed by atoms with Crippen LogP contribution < -0.4 is 5.73 Å². The quantitative estimate of drug-likeness (QED) is 0.811. The summed E-state index contributed by atoms with van der Waals surface area (Å²) < 4.78 is 0. The third-order valence-corrected chi connectivity index (χ3v) is 6.75. The molecule has 2 aromatic heterocycles. The number of hydrogen-bond acceptors (Lipinski definition) is 5. The molecule has 0 bridgehead atoms. The molecule has 0 spiro atoms. The molecule has 0 aliphatic carbocycles. The van der Waals surface area contributed by atoms with Crippen LogP contribution >= 0.6 is 11.3 Å². The number of hydrogen-bond donors (Lipinski definition) is 1. The lowest BCUT2D eigenvalue weighted by atomic mass is 9.90. The molecule has 1 aliphatic heterocycles. The molecule has 1 aliphatic rings. The van der Waals surface area contributed by atoms with E-state index in [1.165, 1.54) is 11.3 Å². The Morgan fingerprint density at radius 2 is 2.07 bits per heavy atom. The van der Waals surface area contributed by atoms with Crippen LogP contribution in [0.5, 0.6) is 0 Å². The van der Waals surface area contributed by atoms with E-state index in [9.17, 15) is 9.59 Å². The summed E-state index contributed by atoms with van der Waals surface area (Å²) in [6.45, 7) is 11.0. The summed E-state index contributed by atoms with van der Waals surface area (Å²) in [4.78, 5) is 36.5. The van der Waals surface area contributed by atoms with Crippen LogP contribution in [0.25, 0.3) is 10.4 Å². The van der Waals surface area contributed by atoms with Gasteiger partial charge in [0.15, 0.2) is 0 Å². The molecule has 2 aromatic rings. The summed E-state index contributed by atoms with van der Waals surface area (Å²) in [6.07, 6.45) is 3.62. The van der Waals surface area contributed by atoms with Gasteiger partial charge in [-0.2, -0.15) is 0 Å². The Balaban J connectivity index is 1.81. The van der Waals surface area contributed by atoms with Gasteiger partial charge in [-0.3, -0.25) is 14.6 Å². The lowest BCUT2D eigenvalue weighted by Gasteiger charge is -2.21. The van der Waals surface area contributed by atoms with Gasteiger partial charge in [0.2, 0.25) is 11.8 Å². The summed E-state index contributed by atoms with van der Waals surface area (Å²) in [7, 11) is 0. The summed E-state index contributed by atoms with van der Waals surface area (Å²) >= 11 is 1.53. The zero-order valence-corrected chi connectivity index (χ0v) is 18.7. The van der Waals surface area contributed by atoms with E-state index < -0.39 is 11.9 Å². The minimum Gasteiger partial charge on any atom is -0.368 e. The maximum atomic E-state index is 12.9. The van der Waals surface area contributed by atoms with Crippen LogP contribution in [0, 0.1) is 12.8 Å². The van der Waals surface area contributed by atoms with Crippen molar-refractivity contribution in [2.24, 2.45) is 11.7 Å². The van der Waals surface area contributed by atoms with Crippen LogP contribution in [0.1, 0.15) is 56.9 Å². The molecule has 3 heterocycles. The topological polar surface area (TPSA) is 89.2 Å². The Morgan fingerprint density at radius 3 is 2.69 bits per heavy atom. The molecular formula is C22H30N4O2S. The van der Waals surface area contributed by atoms with E-state index in [1.807, 2.05) is 19.2 Å². The standard InChI is InChI=1S/C22H30N4O2S/c1-6-14-9-16(21(23)28)26(12-14)19(27)11-18-25-13(2)20(29-18)15-7-8-24-17(10-15)22(3,4)5/h7-8,10,14,16H,6,9,11-12H2,1-5H3,(H2,23,28)/t14-,16+/m1/s1. The fourth-order valence-electron chi connectivity index (χ4n) is 3.77. The van der Waals surface area contributed by atoms with E-state index in [0.717, 1.165) is 33.3 Å². The first kappa shape index (κ1) is 21.4. The molecule has 6 nitrogen and oxygen atoms in total. The number of nitrogens with zero attached hydrogens (tertiary/aromatic N) is 3. The number of primary amides is 1. The second-order valence-electron chi connectivity index (χ2n) is 8.85. The Hall–Kier alpha value is -2.28. The van der Waals surface area contributed by atoms with Gasteiger partial charge in [0, 0.05) is 23.9 Å². The molecule has 7 heteroatoms.